The molecule has 0 aromatic carbocycles. The van der Waals surface area contributed by atoms with Crippen LogP contribution in [0, 0.1) is 0 Å². The van der Waals surface area contributed by atoms with Crippen LogP contribution >= 0.6 is 0 Å². The van der Waals surface area contributed by atoms with Crippen molar-refractivity contribution in [3.05, 3.63) is 194 Å². The molecule has 1 N–H and O–H groups in total. The quantitative estimate of drug-likeness (QED) is 0.0373. The second kappa shape index (κ2) is 80.0. The molecule has 518 valence electrons. The normalized spacial score (nSPS) is 13.4. The van der Waals surface area contributed by atoms with E-state index in [1.54, 1.807) is 0 Å². The van der Waals surface area contributed by atoms with Gasteiger partial charge in [-0.2, -0.15) is 0 Å². The van der Waals surface area contributed by atoms with E-state index in [0.717, 1.165) is 154 Å². The molecule has 5 heteroatoms. The number of esters is 2. The molecule has 0 rings (SSSR count). The molecule has 0 saturated heterocycles. The van der Waals surface area contributed by atoms with Crippen LogP contribution in [-0.2, 0) is 19.1 Å². The lowest BCUT2D eigenvalue weighted by atomic mass is 10.0. The van der Waals surface area contributed by atoms with Gasteiger partial charge in [0.2, 0.25) is 0 Å². The van der Waals surface area contributed by atoms with Crippen molar-refractivity contribution in [2.75, 3.05) is 13.2 Å². The minimum absolute atomic E-state index is 0.0843. The summed E-state index contributed by atoms with van der Waals surface area (Å²) in [6.07, 6.45) is 126. The van der Waals surface area contributed by atoms with Gasteiger partial charge in [0.25, 0.3) is 0 Å². The van der Waals surface area contributed by atoms with E-state index in [9.17, 15) is 14.7 Å². The van der Waals surface area contributed by atoms with Crippen molar-refractivity contribution in [1.82, 2.24) is 0 Å². The minimum atomic E-state index is -0.799. The number of aliphatic hydroxyl groups is 1. The van der Waals surface area contributed by atoms with E-state index < -0.39 is 6.10 Å². The third kappa shape index (κ3) is 77.2. The lowest BCUT2D eigenvalue weighted by Gasteiger charge is -2.15. The summed E-state index contributed by atoms with van der Waals surface area (Å²) in [7, 11) is 0. The second-order valence-corrected chi connectivity index (χ2v) is 24.6. The predicted molar refractivity (Wildman–Crippen MR) is 407 cm³/mol. The van der Waals surface area contributed by atoms with E-state index in [1.165, 1.54) is 141 Å². The highest BCUT2D eigenvalue weighted by molar-refractivity contribution is 5.70. The summed E-state index contributed by atoms with van der Waals surface area (Å²) in [5.41, 5.74) is 0. The van der Waals surface area contributed by atoms with E-state index in [-0.39, 0.29) is 25.2 Å². The van der Waals surface area contributed by atoms with Crippen molar-refractivity contribution in [1.29, 1.82) is 0 Å². The Morgan fingerprint density at radius 2 is 0.435 bits per heavy atom. The predicted octanol–water partition coefficient (Wildman–Crippen LogP) is 27.1. The van der Waals surface area contributed by atoms with Crippen LogP contribution in [0.2, 0.25) is 0 Å². The first-order chi connectivity index (χ1) is 45.6. The van der Waals surface area contributed by atoms with Gasteiger partial charge in [0, 0.05) is 12.8 Å². The van der Waals surface area contributed by atoms with E-state index in [0.29, 0.717) is 12.8 Å². The van der Waals surface area contributed by atoms with Crippen molar-refractivity contribution < 1.29 is 24.2 Å². The molecule has 0 aromatic heterocycles. The zero-order chi connectivity index (χ0) is 66.1. The largest absolute Gasteiger partial charge is 0.462 e. The Morgan fingerprint density at radius 3 is 0.652 bits per heavy atom. The fourth-order valence-electron chi connectivity index (χ4n) is 10.3. The van der Waals surface area contributed by atoms with Gasteiger partial charge in [-0.05, 0) is 141 Å². The van der Waals surface area contributed by atoms with Gasteiger partial charge in [0.1, 0.15) is 6.61 Å². The molecule has 1 unspecified atom stereocenters. The lowest BCUT2D eigenvalue weighted by Crippen LogP contribution is -2.28. The average molecular weight is 1270 g/mol. The SMILES string of the molecule is CC/C=C\C/C=C\C/C=C\C/C=C\C/C=C\C/C=C\C/C=C\C/C=C\C/C=C\C/C=C\C/C=C\C/C=C\CCCCCCC(=O)OC(CO)COC(=O)CCCCCCCCCCCCCCCCCCCCCCCCCC/C=C\C/C=C\C/C=C\C/C=C\CC. The van der Waals surface area contributed by atoms with Crippen LogP contribution < -0.4 is 0 Å². The molecule has 0 aromatic rings. The molecule has 0 aliphatic rings. The summed E-state index contributed by atoms with van der Waals surface area (Å²) in [6.45, 7) is 3.91. The van der Waals surface area contributed by atoms with E-state index in [1.807, 2.05) is 0 Å². The second-order valence-electron chi connectivity index (χ2n) is 24.6. The molecule has 0 bridgehead atoms. The maximum atomic E-state index is 12.4. The highest BCUT2D eigenvalue weighted by Crippen LogP contribution is 2.17. The van der Waals surface area contributed by atoms with Crippen LogP contribution in [0.1, 0.15) is 322 Å². The Bertz CT molecular complexity index is 2070. The summed E-state index contributed by atoms with van der Waals surface area (Å²) < 4.78 is 10.7. The van der Waals surface area contributed by atoms with E-state index in [4.69, 9.17) is 9.47 Å². The average Bonchev–Trinajstić information content (AvgIpc) is 3.64. The molecule has 0 saturated carbocycles. The Kier molecular flexibility index (Phi) is 75.4. The van der Waals surface area contributed by atoms with Gasteiger partial charge in [0.15, 0.2) is 6.10 Å². The van der Waals surface area contributed by atoms with Gasteiger partial charge >= 0.3 is 11.9 Å². The molecule has 0 spiro atoms. The monoisotopic (exact) mass is 1270 g/mol. The van der Waals surface area contributed by atoms with Crippen LogP contribution in [0.25, 0.3) is 0 Å². The maximum absolute atomic E-state index is 12.4. The highest BCUT2D eigenvalue weighted by atomic mass is 16.6. The number of rotatable bonds is 68. The molecule has 5 nitrogen and oxygen atoms in total. The highest BCUT2D eigenvalue weighted by Gasteiger charge is 2.16. The molecular formula is C87H140O5. The molecule has 0 radical (unpaired) electrons. The first-order valence-corrected chi connectivity index (χ1v) is 38.0. The first kappa shape index (κ1) is 86.7. The van der Waals surface area contributed by atoms with Crippen LogP contribution in [-0.4, -0.2) is 36.4 Å². The number of hydrogen-bond acceptors (Lipinski definition) is 5. The minimum Gasteiger partial charge on any atom is -0.462 e. The van der Waals surface area contributed by atoms with Gasteiger partial charge in [0.05, 0.1) is 6.61 Å². The first-order valence-electron chi connectivity index (χ1n) is 38.0. The number of hydrogen-bond donors (Lipinski definition) is 1. The number of ether oxygens (including phenoxy) is 2. The Hall–Kier alpha value is -5.26. The van der Waals surface area contributed by atoms with Gasteiger partial charge in [-0.3, -0.25) is 9.59 Å². The Labute approximate surface area is 568 Å². The Morgan fingerprint density at radius 1 is 0.250 bits per heavy atom. The molecule has 0 aliphatic heterocycles. The third-order valence-electron chi connectivity index (χ3n) is 15.9. The summed E-state index contributed by atoms with van der Waals surface area (Å²) in [5.74, 6) is -0.621. The summed E-state index contributed by atoms with van der Waals surface area (Å²) in [5, 5.41) is 9.72. The van der Waals surface area contributed by atoms with Crippen LogP contribution in [0.15, 0.2) is 194 Å². The molecule has 0 fully saturated rings. The third-order valence-corrected chi connectivity index (χ3v) is 15.9. The van der Waals surface area contributed by atoms with Crippen LogP contribution in [0.5, 0.6) is 0 Å². The van der Waals surface area contributed by atoms with Crippen molar-refractivity contribution in [2.45, 2.75) is 328 Å². The molecule has 0 heterocycles. The zero-order valence-electron chi connectivity index (χ0n) is 59.5. The number of aliphatic hydroxyl groups excluding tert-OH is 1. The van der Waals surface area contributed by atoms with Gasteiger partial charge in [-0.15, -0.1) is 0 Å². The zero-order valence-corrected chi connectivity index (χ0v) is 59.5. The van der Waals surface area contributed by atoms with E-state index >= 15 is 0 Å². The van der Waals surface area contributed by atoms with Gasteiger partial charge < -0.3 is 14.6 Å². The number of carbonyl (C=O) groups excluding carboxylic acids is 2. The standard InChI is InChI=1S/C87H140O5/c1-3-5-7-9-11-13-15-17-19-21-23-25-27-29-31-33-35-37-39-41-42-43-44-46-48-50-52-54-56-58-60-62-64-66-68-70-72-74-76-78-80-82-87(90)92-85(83-88)84-91-86(89)81-79-77-75-73-71-69-67-65-63-61-59-57-55-53-51-49-47-45-40-38-36-34-32-30-28-26-24-22-20-18-16-14-12-10-8-6-4-2/h5-8,11-14,17-20,23-26,29,31,35,37,41-42,44,46,50,52,56,58,62,64,68,70,85,88H,3-4,9-10,15-16,21-22,27-28,30,32-34,36,38-40,43,45,47-49,51,53-55,57,59-61,63,65-67,69,71-84H2,1-2H3/b7-5-,8-6-,13-11-,14-12-,19-17-,20-18-,25-23-,26-24-,31-29-,37-35-,42-41-,46-44-,52-50-,58-56-,64-62-,70-68-. The fourth-order valence-corrected chi connectivity index (χ4v) is 10.3. The maximum Gasteiger partial charge on any atom is 0.306 e. The van der Waals surface area contributed by atoms with E-state index in [2.05, 4.69) is 208 Å². The topological polar surface area (TPSA) is 72.8 Å². The number of carbonyl (C=O) groups is 2. The van der Waals surface area contributed by atoms with Gasteiger partial charge in [-0.25, -0.2) is 0 Å². The van der Waals surface area contributed by atoms with Crippen molar-refractivity contribution >= 4 is 11.9 Å². The van der Waals surface area contributed by atoms with Crippen molar-refractivity contribution in [3.8, 4) is 0 Å². The Balaban J connectivity index is 3.57. The lowest BCUT2D eigenvalue weighted by molar-refractivity contribution is -0.161. The smallest absolute Gasteiger partial charge is 0.306 e. The molecule has 0 amide bonds. The molecular weight excluding hydrogens is 1120 g/mol. The van der Waals surface area contributed by atoms with Crippen molar-refractivity contribution in [2.24, 2.45) is 0 Å². The van der Waals surface area contributed by atoms with Crippen LogP contribution in [0.4, 0.5) is 0 Å². The summed E-state index contributed by atoms with van der Waals surface area (Å²) >= 11 is 0. The van der Waals surface area contributed by atoms with Crippen molar-refractivity contribution in [3.63, 3.8) is 0 Å². The number of allylic oxidation sites excluding steroid dienone is 32. The fraction of sp³-hybridized carbons (Fsp3) is 0.609. The molecule has 92 heavy (non-hydrogen) atoms. The summed E-state index contributed by atoms with van der Waals surface area (Å²) in [4.78, 5) is 24.7. The molecule has 0 aliphatic carbocycles. The van der Waals surface area contributed by atoms with Crippen LogP contribution in [0.3, 0.4) is 0 Å². The van der Waals surface area contributed by atoms with Gasteiger partial charge in [-0.1, -0.05) is 362 Å². The summed E-state index contributed by atoms with van der Waals surface area (Å²) in [6, 6.07) is 0. The molecule has 1 atom stereocenters. The number of unbranched alkanes of at least 4 members (excludes halogenated alkanes) is 28.